The van der Waals surface area contributed by atoms with Crippen molar-refractivity contribution in [3.63, 3.8) is 0 Å². The van der Waals surface area contributed by atoms with E-state index in [9.17, 15) is 0 Å². The molecule has 2 aromatic rings. The van der Waals surface area contributed by atoms with Gasteiger partial charge in [-0.2, -0.15) is 0 Å². The Labute approximate surface area is 91.3 Å². The number of fused-ring (bicyclic) bond motifs is 1. The van der Waals surface area contributed by atoms with E-state index in [-0.39, 0.29) is 0 Å². The first kappa shape index (κ1) is 9.62. The largest absolute Gasteiger partial charge is 0.325 e. The lowest BCUT2D eigenvalue weighted by atomic mass is 10.1. The maximum atomic E-state index is 5.61. The third kappa shape index (κ3) is 1.53. The molecule has 2 nitrogen and oxygen atoms in total. The number of hydrogen-bond donors (Lipinski definition) is 1. The van der Waals surface area contributed by atoms with Crippen molar-refractivity contribution in [3.05, 3.63) is 40.0 Å². The van der Waals surface area contributed by atoms with Crippen molar-refractivity contribution in [1.29, 1.82) is 0 Å². The topological polar surface area (TPSA) is 38.9 Å². The first-order valence-corrected chi connectivity index (χ1v) is 5.26. The molecule has 14 heavy (non-hydrogen) atoms. The Bertz CT molecular complexity index is 480. The molecule has 1 heterocycles. The van der Waals surface area contributed by atoms with Crippen molar-refractivity contribution in [2.24, 2.45) is 5.73 Å². The van der Waals surface area contributed by atoms with Crippen LogP contribution >= 0.6 is 15.9 Å². The SMILES string of the molecule is Cc1cc2cccc(Br)c2nc1CN. The summed E-state index contributed by atoms with van der Waals surface area (Å²) in [5.41, 5.74) is 8.71. The zero-order valence-electron chi connectivity index (χ0n) is 7.92. The van der Waals surface area contributed by atoms with Crippen LogP contribution in [0, 0.1) is 6.92 Å². The minimum atomic E-state index is 0.489. The number of aromatic nitrogens is 1. The van der Waals surface area contributed by atoms with Gasteiger partial charge in [0.15, 0.2) is 0 Å². The maximum Gasteiger partial charge on any atom is 0.0848 e. The number of rotatable bonds is 1. The summed E-state index contributed by atoms with van der Waals surface area (Å²) in [6, 6.07) is 8.18. The normalized spacial score (nSPS) is 10.8. The Morgan fingerprint density at radius 3 is 2.93 bits per heavy atom. The van der Waals surface area contributed by atoms with Crippen LogP contribution in [0.25, 0.3) is 10.9 Å². The van der Waals surface area contributed by atoms with Gasteiger partial charge in [0.25, 0.3) is 0 Å². The van der Waals surface area contributed by atoms with E-state index in [0.717, 1.165) is 26.6 Å². The summed E-state index contributed by atoms with van der Waals surface area (Å²) >= 11 is 3.48. The Morgan fingerprint density at radius 1 is 1.43 bits per heavy atom. The van der Waals surface area contributed by atoms with E-state index in [2.05, 4.69) is 33.0 Å². The maximum absolute atomic E-state index is 5.61. The Kier molecular flexibility index (Phi) is 2.52. The molecule has 0 atom stereocenters. The second-order valence-electron chi connectivity index (χ2n) is 3.27. The van der Waals surface area contributed by atoms with Crippen LogP contribution in [0.2, 0.25) is 0 Å². The van der Waals surface area contributed by atoms with E-state index in [1.54, 1.807) is 0 Å². The lowest BCUT2D eigenvalue weighted by Gasteiger charge is -2.05. The van der Waals surface area contributed by atoms with Gasteiger partial charge >= 0.3 is 0 Å². The highest BCUT2D eigenvalue weighted by Gasteiger charge is 2.03. The second-order valence-corrected chi connectivity index (χ2v) is 4.12. The molecule has 0 aliphatic carbocycles. The first-order chi connectivity index (χ1) is 6.72. The minimum absolute atomic E-state index is 0.489. The van der Waals surface area contributed by atoms with E-state index >= 15 is 0 Å². The highest BCUT2D eigenvalue weighted by atomic mass is 79.9. The summed E-state index contributed by atoms with van der Waals surface area (Å²) in [4.78, 5) is 4.52. The van der Waals surface area contributed by atoms with E-state index in [1.807, 2.05) is 19.1 Å². The summed E-state index contributed by atoms with van der Waals surface area (Å²) in [5.74, 6) is 0. The summed E-state index contributed by atoms with van der Waals surface area (Å²) in [7, 11) is 0. The van der Waals surface area contributed by atoms with Gasteiger partial charge in [-0.1, -0.05) is 12.1 Å². The Balaban J connectivity index is 2.80. The van der Waals surface area contributed by atoms with Crippen molar-refractivity contribution in [2.75, 3.05) is 0 Å². The molecule has 0 saturated carbocycles. The highest BCUT2D eigenvalue weighted by Crippen LogP contribution is 2.23. The molecule has 1 aromatic heterocycles. The first-order valence-electron chi connectivity index (χ1n) is 4.47. The lowest BCUT2D eigenvalue weighted by molar-refractivity contribution is 0.984. The van der Waals surface area contributed by atoms with Crippen molar-refractivity contribution in [3.8, 4) is 0 Å². The van der Waals surface area contributed by atoms with Crippen LogP contribution in [0.3, 0.4) is 0 Å². The van der Waals surface area contributed by atoms with Crippen LogP contribution in [-0.2, 0) is 6.54 Å². The molecule has 3 heteroatoms. The molecule has 72 valence electrons. The third-order valence-corrected chi connectivity index (χ3v) is 2.93. The molecule has 0 aliphatic heterocycles. The van der Waals surface area contributed by atoms with E-state index in [4.69, 9.17) is 5.73 Å². The summed E-state index contributed by atoms with van der Waals surface area (Å²) in [5, 5.41) is 1.15. The zero-order valence-corrected chi connectivity index (χ0v) is 9.51. The number of hydrogen-bond acceptors (Lipinski definition) is 2. The molecular formula is C11H11BrN2. The fraction of sp³-hybridized carbons (Fsp3) is 0.182. The molecule has 0 unspecified atom stereocenters. The van der Waals surface area contributed by atoms with Gasteiger partial charge in [0.2, 0.25) is 0 Å². The van der Waals surface area contributed by atoms with Crippen LogP contribution < -0.4 is 5.73 Å². The fourth-order valence-corrected chi connectivity index (χ4v) is 1.98. The molecule has 0 radical (unpaired) electrons. The number of nitrogens with two attached hydrogens (primary N) is 1. The number of nitrogens with zero attached hydrogens (tertiary/aromatic N) is 1. The Morgan fingerprint density at radius 2 is 2.21 bits per heavy atom. The van der Waals surface area contributed by atoms with Gasteiger partial charge in [0, 0.05) is 16.4 Å². The van der Waals surface area contributed by atoms with Gasteiger partial charge in [-0.05, 0) is 40.5 Å². The monoisotopic (exact) mass is 250 g/mol. The summed E-state index contributed by atoms with van der Waals surface area (Å²) < 4.78 is 1.02. The van der Waals surface area contributed by atoms with Gasteiger partial charge in [-0.3, -0.25) is 4.98 Å². The fourth-order valence-electron chi connectivity index (χ4n) is 1.51. The van der Waals surface area contributed by atoms with Crippen LogP contribution in [0.1, 0.15) is 11.3 Å². The average Bonchev–Trinajstić information content (AvgIpc) is 2.17. The van der Waals surface area contributed by atoms with Crippen LogP contribution in [-0.4, -0.2) is 4.98 Å². The van der Waals surface area contributed by atoms with E-state index in [1.165, 1.54) is 0 Å². The van der Waals surface area contributed by atoms with Gasteiger partial charge in [-0.25, -0.2) is 0 Å². The van der Waals surface area contributed by atoms with Crippen LogP contribution in [0.15, 0.2) is 28.7 Å². The number of para-hydroxylation sites is 1. The molecule has 2 N–H and O–H groups in total. The van der Waals surface area contributed by atoms with E-state index < -0.39 is 0 Å². The number of aryl methyl sites for hydroxylation is 1. The molecule has 0 spiro atoms. The molecule has 0 bridgehead atoms. The second kappa shape index (κ2) is 3.67. The lowest BCUT2D eigenvalue weighted by Crippen LogP contribution is -2.02. The Hall–Kier alpha value is -0.930. The molecule has 0 amide bonds. The molecule has 2 rings (SSSR count). The summed E-state index contributed by atoms with van der Waals surface area (Å²) in [6.07, 6.45) is 0. The highest BCUT2D eigenvalue weighted by molar-refractivity contribution is 9.10. The molecule has 0 fully saturated rings. The molecular weight excluding hydrogens is 240 g/mol. The van der Waals surface area contributed by atoms with Gasteiger partial charge in [0.05, 0.1) is 11.2 Å². The van der Waals surface area contributed by atoms with Crippen LogP contribution in [0.5, 0.6) is 0 Å². The smallest absolute Gasteiger partial charge is 0.0848 e. The molecule has 0 saturated heterocycles. The van der Waals surface area contributed by atoms with Crippen molar-refractivity contribution >= 4 is 26.8 Å². The van der Waals surface area contributed by atoms with Gasteiger partial charge in [-0.15, -0.1) is 0 Å². The van der Waals surface area contributed by atoms with Crippen molar-refractivity contribution in [1.82, 2.24) is 4.98 Å². The van der Waals surface area contributed by atoms with Crippen molar-refractivity contribution in [2.45, 2.75) is 13.5 Å². The quantitative estimate of drug-likeness (QED) is 0.846. The third-order valence-electron chi connectivity index (χ3n) is 2.29. The predicted molar refractivity (Wildman–Crippen MR) is 62.1 cm³/mol. The van der Waals surface area contributed by atoms with Gasteiger partial charge < -0.3 is 5.73 Å². The predicted octanol–water partition coefficient (Wildman–Crippen LogP) is 2.76. The molecule has 1 aromatic carbocycles. The number of halogens is 1. The summed E-state index contributed by atoms with van der Waals surface area (Å²) in [6.45, 7) is 2.53. The average molecular weight is 251 g/mol. The zero-order chi connectivity index (χ0) is 10.1. The molecule has 0 aliphatic rings. The van der Waals surface area contributed by atoms with E-state index in [0.29, 0.717) is 6.54 Å². The van der Waals surface area contributed by atoms with Crippen molar-refractivity contribution < 1.29 is 0 Å². The standard InChI is InChI=1S/C11H11BrN2/c1-7-5-8-3-2-4-9(12)11(8)14-10(7)6-13/h2-5H,6,13H2,1H3. The van der Waals surface area contributed by atoms with Gasteiger partial charge in [0.1, 0.15) is 0 Å². The minimum Gasteiger partial charge on any atom is -0.325 e. The number of pyridine rings is 1. The van der Waals surface area contributed by atoms with Crippen LogP contribution in [0.4, 0.5) is 0 Å². The number of benzene rings is 1.